The summed E-state index contributed by atoms with van der Waals surface area (Å²) >= 11 is 0. The first kappa shape index (κ1) is 18.3. The lowest BCUT2D eigenvalue weighted by Crippen LogP contribution is -2.31. The fraction of sp³-hybridized carbons (Fsp3) is 0.364. The fourth-order valence-electron chi connectivity index (χ4n) is 3.98. The molecule has 1 N–H and O–H groups in total. The summed E-state index contributed by atoms with van der Waals surface area (Å²) in [4.78, 5) is 27.3. The van der Waals surface area contributed by atoms with Gasteiger partial charge in [-0.25, -0.2) is 0 Å². The molecule has 2 aromatic carbocycles. The molecule has 0 unspecified atom stereocenters. The molecule has 2 aliphatic rings. The molecule has 0 bridgehead atoms. The number of aromatic hydroxyl groups is 1. The van der Waals surface area contributed by atoms with Crippen LogP contribution in [0.5, 0.6) is 17.2 Å². The van der Waals surface area contributed by atoms with E-state index in [2.05, 4.69) is 0 Å². The first-order valence-corrected chi connectivity index (χ1v) is 9.65. The van der Waals surface area contributed by atoms with Gasteiger partial charge in [-0.15, -0.1) is 0 Å². The normalized spacial score (nSPS) is 15.7. The van der Waals surface area contributed by atoms with Gasteiger partial charge >= 0.3 is 5.97 Å². The monoisotopic (exact) mass is 381 g/mol. The van der Waals surface area contributed by atoms with Gasteiger partial charge in [-0.05, 0) is 19.3 Å². The van der Waals surface area contributed by atoms with Crippen molar-refractivity contribution in [3.8, 4) is 17.2 Å². The van der Waals surface area contributed by atoms with Gasteiger partial charge in [-0.1, -0.05) is 30.3 Å². The third kappa shape index (κ3) is 3.19. The van der Waals surface area contributed by atoms with Crippen LogP contribution in [0.15, 0.2) is 30.3 Å². The van der Waals surface area contributed by atoms with E-state index in [1.165, 1.54) is 6.92 Å². The number of carbonyl (C=O) groups excluding carboxylic acids is 2. The molecule has 0 spiro atoms. The van der Waals surface area contributed by atoms with Gasteiger partial charge in [0.05, 0.1) is 17.9 Å². The molecule has 0 aliphatic carbocycles. The number of ether oxygens (including phenoxy) is 2. The molecule has 2 aliphatic heterocycles. The Morgan fingerprint density at radius 2 is 1.82 bits per heavy atom. The molecule has 6 heteroatoms. The predicted molar refractivity (Wildman–Crippen MR) is 105 cm³/mol. The first-order valence-electron chi connectivity index (χ1n) is 9.65. The molecule has 0 saturated carbocycles. The number of ketones is 1. The van der Waals surface area contributed by atoms with Crippen molar-refractivity contribution in [3.05, 3.63) is 47.0 Å². The van der Waals surface area contributed by atoms with E-state index in [1.54, 1.807) is 24.3 Å². The molecular weight excluding hydrogens is 358 g/mol. The highest BCUT2D eigenvalue weighted by Crippen LogP contribution is 2.52. The maximum Gasteiger partial charge on any atom is 0.308 e. The average Bonchev–Trinajstić information content (AvgIpc) is 3.21. The van der Waals surface area contributed by atoms with Crippen LogP contribution in [-0.4, -0.2) is 36.6 Å². The molecule has 146 valence electrons. The van der Waals surface area contributed by atoms with Crippen LogP contribution in [0.3, 0.4) is 0 Å². The molecule has 1 saturated heterocycles. The highest BCUT2D eigenvalue weighted by molar-refractivity contribution is 6.16. The van der Waals surface area contributed by atoms with Crippen LogP contribution in [0.2, 0.25) is 0 Å². The zero-order chi connectivity index (χ0) is 19.7. The predicted octanol–water partition coefficient (Wildman–Crippen LogP) is 3.47. The van der Waals surface area contributed by atoms with Gasteiger partial charge in [0.15, 0.2) is 17.3 Å². The topological polar surface area (TPSA) is 76.1 Å². The lowest BCUT2D eigenvalue weighted by atomic mass is 9.94. The van der Waals surface area contributed by atoms with Gasteiger partial charge in [0.25, 0.3) is 0 Å². The van der Waals surface area contributed by atoms with Crippen LogP contribution < -0.4 is 14.4 Å². The Hall–Kier alpha value is -3.02. The molecular formula is C22H23NO5. The minimum atomic E-state index is -0.486. The second-order valence-corrected chi connectivity index (χ2v) is 7.14. The molecule has 4 rings (SSSR count). The van der Waals surface area contributed by atoms with Crippen molar-refractivity contribution in [3.63, 3.8) is 0 Å². The Morgan fingerprint density at radius 1 is 1.11 bits per heavy atom. The number of rotatable bonds is 4. The Balaban J connectivity index is 1.97. The van der Waals surface area contributed by atoms with E-state index in [4.69, 9.17) is 9.47 Å². The molecule has 2 aromatic rings. The van der Waals surface area contributed by atoms with Gasteiger partial charge in [0.2, 0.25) is 0 Å². The zero-order valence-electron chi connectivity index (χ0n) is 15.9. The minimum Gasteiger partial charge on any atom is -0.507 e. The van der Waals surface area contributed by atoms with Crippen molar-refractivity contribution in [1.29, 1.82) is 0 Å². The molecule has 28 heavy (non-hydrogen) atoms. The smallest absolute Gasteiger partial charge is 0.308 e. The van der Waals surface area contributed by atoms with Gasteiger partial charge in [-0.2, -0.15) is 0 Å². The molecule has 1 fully saturated rings. The number of fused-ring (bicyclic) bond motifs is 1. The number of carbonyl (C=O) groups is 2. The van der Waals surface area contributed by atoms with E-state index < -0.39 is 5.97 Å². The van der Waals surface area contributed by atoms with E-state index >= 15 is 0 Å². The summed E-state index contributed by atoms with van der Waals surface area (Å²) in [5.41, 5.74) is 1.65. The first-order chi connectivity index (χ1) is 13.6. The number of hydrogen-bond donors (Lipinski definition) is 1. The molecule has 6 nitrogen and oxygen atoms in total. The Labute approximate surface area is 163 Å². The largest absolute Gasteiger partial charge is 0.507 e. The lowest BCUT2D eigenvalue weighted by Gasteiger charge is -2.32. The second kappa shape index (κ2) is 7.54. The highest BCUT2D eigenvalue weighted by atomic mass is 16.6. The van der Waals surface area contributed by atoms with E-state index in [0.717, 1.165) is 32.4 Å². The second-order valence-electron chi connectivity index (χ2n) is 7.14. The number of phenolic OH excluding ortho intramolecular Hbond substituents is 1. The Morgan fingerprint density at radius 3 is 2.50 bits per heavy atom. The molecule has 0 radical (unpaired) electrons. The van der Waals surface area contributed by atoms with E-state index in [0.29, 0.717) is 35.6 Å². The Kier molecular flexibility index (Phi) is 4.94. The summed E-state index contributed by atoms with van der Waals surface area (Å²) in [6.07, 6.45) is 3.51. The maximum absolute atomic E-state index is 13.4. The van der Waals surface area contributed by atoms with Crippen molar-refractivity contribution in [1.82, 2.24) is 0 Å². The fourth-order valence-corrected chi connectivity index (χ4v) is 3.98. The van der Waals surface area contributed by atoms with Crippen molar-refractivity contribution >= 4 is 17.4 Å². The lowest BCUT2D eigenvalue weighted by molar-refractivity contribution is -0.131. The zero-order valence-corrected chi connectivity index (χ0v) is 15.9. The van der Waals surface area contributed by atoms with E-state index in [-0.39, 0.29) is 22.8 Å². The number of piperidine rings is 1. The summed E-state index contributed by atoms with van der Waals surface area (Å²) in [6, 6.07) is 8.85. The van der Waals surface area contributed by atoms with Crippen molar-refractivity contribution in [2.75, 3.05) is 24.6 Å². The number of benzene rings is 2. The summed E-state index contributed by atoms with van der Waals surface area (Å²) in [5, 5.41) is 11.0. The molecule has 0 amide bonds. The third-order valence-electron chi connectivity index (χ3n) is 5.23. The van der Waals surface area contributed by atoms with Crippen LogP contribution in [0.1, 0.15) is 47.7 Å². The van der Waals surface area contributed by atoms with Gasteiger partial charge in [0, 0.05) is 37.6 Å². The number of hydrogen-bond acceptors (Lipinski definition) is 6. The van der Waals surface area contributed by atoms with Crippen LogP contribution in [0, 0.1) is 0 Å². The van der Waals surface area contributed by atoms with Crippen molar-refractivity contribution < 1.29 is 24.2 Å². The number of esters is 1. The average molecular weight is 381 g/mol. The van der Waals surface area contributed by atoms with Gasteiger partial charge in [0.1, 0.15) is 5.75 Å². The Bertz CT molecular complexity index is 917. The SMILES string of the molecule is CC(=O)Oc1c2c(c(O)c(C(=O)c3ccccc3)c1N1CCCCC1)CCO2. The summed E-state index contributed by atoms with van der Waals surface area (Å²) in [5.74, 6) is -0.226. The summed E-state index contributed by atoms with van der Waals surface area (Å²) < 4.78 is 11.3. The number of phenols is 1. The van der Waals surface area contributed by atoms with E-state index in [9.17, 15) is 14.7 Å². The van der Waals surface area contributed by atoms with Crippen molar-refractivity contribution in [2.24, 2.45) is 0 Å². The van der Waals surface area contributed by atoms with Crippen molar-refractivity contribution in [2.45, 2.75) is 32.6 Å². The molecule has 0 aromatic heterocycles. The van der Waals surface area contributed by atoms with Crippen LogP contribution in [0.4, 0.5) is 5.69 Å². The minimum absolute atomic E-state index is 0.0715. The molecule has 2 heterocycles. The summed E-state index contributed by atoms with van der Waals surface area (Å²) in [6.45, 7) is 3.15. The number of nitrogens with zero attached hydrogens (tertiary/aromatic N) is 1. The quantitative estimate of drug-likeness (QED) is 0.496. The van der Waals surface area contributed by atoms with Crippen LogP contribution >= 0.6 is 0 Å². The highest BCUT2D eigenvalue weighted by Gasteiger charge is 2.35. The van der Waals surface area contributed by atoms with Gasteiger partial charge in [-0.3, -0.25) is 9.59 Å². The maximum atomic E-state index is 13.4. The van der Waals surface area contributed by atoms with E-state index in [1.807, 2.05) is 11.0 Å². The third-order valence-corrected chi connectivity index (χ3v) is 5.23. The van der Waals surface area contributed by atoms with Crippen LogP contribution in [-0.2, 0) is 11.2 Å². The molecule has 0 atom stereocenters. The number of anilines is 1. The van der Waals surface area contributed by atoms with Gasteiger partial charge < -0.3 is 19.5 Å². The standard InChI is InChI=1S/C22H23NO5/c1-14(24)28-22-18(23-11-6-3-7-12-23)17(19(25)15-8-4-2-5-9-15)20(26)16-10-13-27-21(16)22/h2,4-5,8-9,26H,3,6-7,10-13H2,1H3. The summed E-state index contributed by atoms with van der Waals surface area (Å²) in [7, 11) is 0. The van der Waals surface area contributed by atoms with Crippen LogP contribution in [0.25, 0.3) is 0 Å².